The molecule has 0 fully saturated rings. The van der Waals surface area contributed by atoms with Gasteiger partial charge in [0.05, 0.1) is 0 Å². The summed E-state index contributed by atoms with van der Waals surface area (Å²) in [6.07, 6.45) is 0.870. The Morgan fingerprint density at radius 3 is 2.45 bits per heavy atom. The van der Waals surface area contributed by atoms with Crippen molar-refractivity contribution in [2.45, 2.75) is 19.4 Å². The highest BCUT2D eigenvalue weighted by Crippen LogP contribution is 2.21. The zero-order valence-electron chi connectivity index (χ0n) is 11.4. The molecule has 0 bridgehead atoms. The van der Waals surface area contributed by atoms with Crippen molar-refractivity contribution < 1.29 is 24.2 Å². The van der Waals surface area contributed by atoms with Crippen LogP contribution >= 0.6 is 0 Å². The number of carboxylic acids is 1. The van der Waals surface area contributed by atoms with E-state index in [2.05, 4.69) is 11.9 Å². The first kappa shape index (κ1) is 15.6. The Morgan fingerprint density at radius 2 is 1.95 bits per heavy atom. The summed E-state index contributed by atoms with van der Waals surface area (Å²) >= 11 is 0. The van der Waals surface area contributed by atoms with E-state index < -0.39 is 17.7 Å². The lowest BCUT2D eigenvalue weighted by Gasteiger charge is -2.21. The van der Waals surface area contributed by atoms with Crippen LogP contribution in [0.15, 0.2) is 36.9 Å². The molecule has 108 valence electrons. The number of rotatable bonds is 6. The van der Waals surface area contributed by atoms with Gasteiger partial charge in [0.2, 0.25) is 0 Å². The molecule has 0 unspecified atom stereocenters. The van der Waals surface area contributed by atoms with Gasteiger partial charge in [0, 0.05) is 5.69 Å². The summed E-state index contributed by atoms with van der Waals surface area (Å²) in [5.41, 5.74) is -0.808. The maximum Gasteiger partial charge on any atom is 0.411 e. The average molecular weight is 279 g/mol. The van der Waals surface area contributed by atoms with Crippen molar-refractivity contribution in [2.75, 3.05) is 11.9 Å². The van der Waals surface area contributed by atoms with Gasteiger partial charge in [-0.05, 0) is 38.1 Å². The average Bonchev–Trinajstić information content (AvgIpc) is 2.38. The zero-order valence-corrected chi connectivity index (χ0v) is 11.4. The fourth-order valence-electron chi connectivity index (χ4n) is 1.23. The number of carboxylic acid groups (broad SMARTS) is 1. The molecule has 6 nitrogen and oxygen atoms in total. The molecule has 0 saturated carbocycles. The van der Waals surface area contributed by atoms with Crippen LogP contribution in [0.5, 0.6) is 5.75 Å². The van der Waals surface area contributed by atoms with Gasteiger partial charge >= 0.3 is 12.1 Å². The van der Waals surface area contributed by atoms with E-state index in [9.17, 15) is 9.59 Å². The number of amides is 1. The SMILES string of the molecule is C=CCOC(=O)Nc1ccc(OC(C)(C)C(=O)O)cc1. The van der Waals surface area contributed by atoms with Crippen molar-refractivity contribution >= 4 is 17.7 Å². The molecule has 1 amide bonds. The molecule has 0 aromatic heterocycles. The van der Waals surface area contributed by atoms with Crippen LogP contribution in [0.4, 0.5) is 10.5 Å². The Bertz CT molecular complexity index is 493. The monoisotopic (exact) mass is 279 g/mol. The number of carbonyl (C=O) groups is 2. The minimum absolute atomic E-state index is 0.125. The molecule has 0 aliphatic rings. The number of anilines is 1. The van der Waals surface area contributed by atoms with Crippen LogP contribution in [-0.4, -0.2) is 29.4 Å². The predicted molar refractivity (Wildman–Crippen MR) is 74.0 cm³/mol. The van der Waals surface area contributed by atoms with E-state index in [0.29, 0.717) is 11.4 Å². The molecular formula is C14H17NO5. The van der Waals surface area contributed by atoms with Crippen LogP contribution in [0.1, 0.15) is 13.8 Å². The summed E-state index contributed by atoms with van der Waals surface area (Å²) in [6.45, 7) is 6.46. The van der Waals surface area contributed by atoms with Crippen molar-refractivity contribution in [3.63, 3.8) is 0 Å². The smallest absolute Gasteiger partial charge is 0.411 e. The largest absolute Gasteiger partial charge is 0.478 e. The Balaban J connectivity index is 2.63. The van der Waals surface area contributed by atoms with E-state index >= 15 is 0 Å². The number of benzene rings is 1. The quantitative estimate of drug-likeness (QED) is 0.782. The Labute approximate surface area is 117 Å². The molecule has 2 N–H and O–H groups in total. The van der Waals surface area contributed by atoms with Gasteiger partial charge in [-0.2, -0.15) is 0 Å². The number of nitrogens with one attached hydrogen (secondary N) is 1. The van der Waals surface area contributed by atoms with Crippen LogP contribution in [0.25, 0.3) is 0 Å². The summed E-state index contributed by atoms with van der Waals surface area (Å²) in [4.78, 5) is 22.2. The number of carbonyl (C=O) groups excluding carboxylic acids is 1. The number of aliphatic carboxylic acids is 1. The first-order chi connectivity index (χ1) is 9.35. The lowest BCUT2D eigenvalue weighted by Crippen LogP contribution is -2.37. The minimum Gasteiger partial charge on any atom is -0.478 e. The van der Waals surface area contributed by atoms with Gasteiger partial charge in [0.1, 0.15) is 12.4 Å². The van der Waals surface area contributed by atoms with Crippen LogP contribution in [0.3, 0.4) is 0 Å². The first-order valence-electron chi connectivity index (χ1n) is 5.92. The van der Waals surface area contributed by atoms with Gasteiger partial charge in [0.15, 0.2) is 5.60 Å². The molecule has 0 saturated heterocycles. The standard InChI is InChI=1S/C14H17NO5/c1-4-9-19-13(18)15-10-5-7-11(8-6-10)20-14(2,3)12(16)17/h4-8H,1,9H2,2-3H3,(H,15,18)(H,16,17). The highest BCUT2D eigenvalue weighted by atomic mass is 16.5. The molecule has 0 heterocycles. The second kappa shape index (κ2) is 6.60. The van der Waals surface area contributed by atoms with Crippen molar-refractivity contribution in [1.82, 2.24) is 0 Å². The third-order valence-corrected chi connectivity index (χ3v) is 2.32. The highest BCUT2D eigenvalue weighted by molar-refractivity contribution is 5.84. The molecule has 1 aromatic carbocycles. The summed E-state index contributed by atoms with van der Waals surface area (Å²) in [5.74, 6) is -0.671. The van der Waals surface area contributed by atoms with E-state index in [-0.39, 0.29) is 6.61 Å². The molecule has 0 radical (unpaired) electrons. The normalized spacial score (nSPS) is 10.5. The lowest BCUT2D eigenvalue weighted by atomic mass is 10.1. The molecule has 0 aliphatic carbocycles. The second-order valence-corrected chi connectivity index (χ2v) is 4.45. The van der Waals surface area contributed by atoms with Crippen LogP contribution in [0, 0.1) is 0 Å². The van der Waals surface area contributed by atoms with Crippen LogP contribution in [-0.2, 0) is 9.53 Å². The van der Waals surface area contributed by atoms with Gasteiger partial charge in [-0.3, -0.25) is 5.32 Å². The van der Waals surface area contributed by atoms with Gasteiger partial charge < -0.3 is 14.6 Å². The van der Waals surface area contributed by atoms with E-state index in [4.69, 9.17) is 14.6 Å². The van der Waals surface area contributed by atoms with Gasteiger partial charge in [-0.25, -0.2) is 9.59 Å². The summed E-state index contributed by atoms with van der Waals surface area (Å²) in [7, 11) is 0. The maximum absolute atomic E-state index is 11.3. The van der Waals surface area contributed by atoms with Crippen LogP contribution in [0.2, 0.25) is 0 Å². The minimum atomic E-state index is -1.32. The molecule has 1 aromatic rings. The van der Waals surface area contributed by atoms with Crippen molar-refractivity contribution in [2.24, 2.45) is 0 Å². The predicted octanol–water partition coefficient (Wildman–Crippen LogP) is 2.66. The van der Waals surface area contributed by atoms with Crippen molar-refractivity contribution in [3.8, 4) is 5.75 Å². The van der Waals surface area contributed by atoms with E-state index in [1.54, 1.807) is 24.3 Å². The number of ether oxygens (including phenoxy) is 2. The maximum atomic E-state index is 11.3. The molecule has 0 spiro atoms. The number of hydrogen-bond donors (Lipinski definition) is 2. The topological polar surface area (TPSA) is 84.9 Å². The van der Waals surface area contributed by atoms with E-state index in [0.717, 1.165) is 0 Å². The zero-order chi connectivity index (χ0) is 15.2. The number of hydrogen-bond acceptors (Lipinski definition) is 4. The fourth-order valence-corrected chi connectivity index (χ4v) is 1.23. The van der Waals surface area contributed by atoms with Crippen molar-refractivity contribution in [3.05, 3.63) is 36.9 Å². The van der Waals surface area contributed by atoms with Gasteiger partial charge in [0.25, 0.3) is 0 Å². The fraction of sp³-hybridized carbons (Fsp3) is 0.286. The van der Waals surface area contributed by atoms with Crippen molar-refractivity contribution in [1.29, 1.82) is 0 Å². The van der Waals surface area contributed by atoms with Crippen LogP contribution < -0.4 is 10.1 Å². The van der Waals surface area contributed by atoms with Gasteiger partial charge in [-0.1, -0.05) is 12.7 Å². The molecule has 6 heteroatoms. The van der Waals surface area contributed by atoms with E-state index in [1.165, 1.54) is 19.9 Å². The summed E-state index contributed by atoms with van der Waals surface area (Å²) in [5, 5.41) is 11.5. The first-order valence-corrected chi connectivity index (χ1v) is 5.92. The van der Waals surface area contributed by atoms with Gasteiger partial charge in [-0.15, -0.1) is 0 Å². The molecule has 20 heavy (non-hydrogen) atoms. The highest BCUT2D eigenvalue weighted by Gasteiger charge is 2.29. The van der Waals surface area contributed by atoms with E-state index in [1.807, 2.05) is 0 Å². The lowest BCUT2D eigenvalue weighted by molar-refractivity contribution is -0.152. The second-order valence-electron chi connectivity index (χ2n) is 4.45. The Hall–Kier alpha value is -2.50. The Kier molecular flexibility index (Phi) is 5.14. The summed E-state index contributed by atoms with van der Waals surface area (Å²) in [6, 6.07) is 6.30. The molecule has 0 atom stereocenters. The summed E-state index contributed by atoms with van der Waals surface area (Å²) < 4.78 is 10.1. The third-order valence-electron chi connectivity index (χ3n) is 2.32. The third kappa shape index (κ3) is 4.64. The molecular weight excluding hydrogens is 262 g/mol. The molecule has 1 rings (SSSR count). The Morgan fingerprint density at radius 1 is 1.35 bits per heavy atom. The molecule has 0 aliphatic heterocycles.